The first-order valence-corrected chi connectivity index (χ1v) is 3.92. The van der Waals surface area contributed by atoms with E-state index in [4.69, 9.17) is 10.4 Å². The van der Waals surface area contributed by atoms with Gasteiger partial charge in [-0.3, -0.25) is 0 Å². The lowest BCUT2D eigenvalue weighted by molar-refractivity contribution is -0.132. The minimum Gasteiger partial charge on any atom is -0.478 e. The summed E-state index contributed by atoms with van der Waals surface area (Å²) in [6, 6.07) is 11.2. The quantitative estimate of drug-likeness (QED) is 0.689. The van der Waals surface area contributed by atoms with E-state index in [0.717, 1.165) is 0 Å². The van der Waals surface area contributed by atoms with Gasteiger partial charge in [0.1, 0.15) is 0 Å². The first-order valence-electron chi connectivity index (χ1n) is 3.92. The van der Waals surface area contributed by atoms with Crippen LogP contribution in [0.1, 0.15) is 12.5 Å². The van der Waals surface area contributed by atoms with Gasteiger partial charge in [-0.2, -0.15) is 5.26 Å². The molecule has 1 aromatic rings. The second-order valence-electron chi connectivity index (χ2n) is 2.56. The van der Waals surface area contributed by atoms with Gasteiger partial charge in [0.25, 0.3) is 0 Å². The van der Waals surface area contributed by atoms with Crippen LogP contribution in [0.5, 0.6) is 0 Å². The maximum Gasteiger partial charge on any atom is 0.330 e. The molecule has 14 heavy (non-hydrogen) atoms. The van der Waals surface area contributed by atoms with Crippen LogP contribution in [0.15, 0.2) is 42.5 Å². The third-order valence-corrected chi connectivity index (χ3v) is 1.27. The molecule has 0 saturated carbocycles. The van der Waals surface area contributed by atoms with Crippen LogP contribution in [0.25, 0.3) is 0 Å². The van der Waals surface area contributed by atoms with Gasteiger partial charge in [-0.15, -0.1) is 0 Å². The van der Waals surface area contributed by atoms with E-state index in [1.807, 2.05) is 24.3 Å². The zero-order chi connectivity index (χ0) is 11.0. The summed E-state index contributed by atoms with van der Waals surface area (Å²) in [5.74, 6) is -0.935. The predicted octanol–water partition coefficient (Wildman–Crippen LogP) is 2.21. The van der Waals surface area contributed by atoms with Crippen molar-refractivity contribution in [2.24, 2.45) is 0 Å². The lowest BCUT2D eigenvalue weighted by atomic mass is 10.2. The summed E-state index contributed by atoms with van der Waals surface area (Å²) < 4.78 is 0. The predicted molar refractivity (Wildman–Crippen MR) is 53.6 cm³/mol. The average molecular weight is 189 g/mol. The zero-order valence-electron chi connectivity index (χ0n) is 7.90. The number of benzene rings is 1. The Balaban J connectivity index is 0.000000255. The van der Waals surface area contributed by atoms with Gasteiger partial charge in [-0.1, -0.05) is 24.8 Å². The standard InChI is InChI=1S/C7H5N.C4H6O2/c8-6-7-4-2-1-3-5-7;1-3(2)4(5)6/h1-5H;1H2,2H3,(H,5,6). The van der Waals surface area contributed by atoms with E-state index in [-0.39, 0.29) is 5.57 Å². The summed E-state index contributed by atoms with van der Waals surface area (Å²) in [5, 5.41) is 16.2. The number of rotatable bonds is 1. The number of hydrogen-bond acceptors (Lipinski definition) is 2. The van der Waals surface area contributed by atoms with Crippen molar-refractivity contribution in [2.75, 3.05) is 0 Å². The highest BCUT2D eigenvalue weighted by Crippen LogP contribution is 1.93. The van der Waals surface area contributed by atoms with E-state index in [0.29, 0.717) is 5.56 Å². The molecule has 1 aromatic carbocycles. The van der Waals surface area contributed by atoms with E-state index in [9.17, 15) is 4.79 Å². The van der Waals surface area contributed by atoms with Crippen molar-refractivity contribution in [1.29, 1.82) is 5.26 Å². The van der Waals surface area contributed by atoms with Gasteiger partial charge >= 0.3 is 5.97 Å². The number of nitriles is 1. The summed E-state index contributed by atoms with van der Waals surface area (Å²) in [4.78, 5) is 9.60. The summed E-state index contributed by atoms with van der Waals surface area (Å²) in [7, 11) is 0. The third kappa shape index (κ3) is 5.56. The van der Waals surface area contributed by atoms with Gasteiger partial charge in [0.15, 0.2) is 0 Å². The Morgan fingerprint density at radius 1 is 1.43 bits per heavy atom. The highest BCUT2D eigenvalue weighted by atomic mass is 16.4. The average Bonchev–Trinajstić information content (AvgIpc) is 2.20. The Bertz CT molecular complexity index is 337. The SMILES string of the molecule is C=C(C)C(=O)O.N#Cc1ccccc1. The van der Waals surface area contributed by atoms with Crippen LogP contribution in [0.4, 0.5) is 0 Å². The van der Waals surface area contributed by atoms with Crippen molar-refractivity contribution >= 4 is 5.97 Å². The largest absolute Gasteiger partial charge is 0.478 e. The Hall–Kier alpha value is -2.08. The van der Waals surface area contributed by atoms with Crippen molar-refractivity contribution < 1.29 is 9.90 Å². The lowest BCUT2D eigenvalue weighted by Crippen LogP contribution is -1.92. The van der Waals surface area contributed by atoms with Crippen LogP contribution in [0.3, 0.4) is 0 Å². The Morgan fingerprint density at radius 3 is 2.07 bits per heavy atom. The van der Waals surface area contributed by atoms with Gasteiger partial charge in [-0.05, 0) is 19.1 Å². The van der Waals surface area contributed by atoms with Crippen molar-refractivity contribution in [3.05, 3.63) is 48.0 Å². The molecule has 3 heteroatoms. The molecular weight excluding hydrogens is 178 g/mol. The van der Waals surface area contributed by atoms with Crippen LogP contribution < -0.4 is 0 Å². The molecule has 0 amide bonds. The highest BCUT2D eigenvalue weighted by molar-refractivity contribution is 5.84. The Labute approximate surface area is 82.9 Å². The Kier molecular flexibility index (Phi) is 5.48. The molecule has 0 aromatic heterocycles. The molecule has 0 aliphatic carbocycles. The van der Waals surface area contributed by atoms with E-state index in [1.54, 1.807) is 12.1 Å². The zero-order valence-corrected chi connectivity index (χ0v) is 7.90. The number of carboxylic acid groups (broad SMARTS) is 1. The molecule has 0 spiro atoms. The molecular formula is C11H11NO2. The van der Waals surface area contributed by atoms with Crippen LogP contribution in [0.2, 0.25) is 0 Å². The minimum atomic E-state index is -0.935. The molecule has 72 valence electrons. The molecule has 1 rings (SSSR count). The molecule has 0 saturated heterocycles. The van der Waals surface area contributed by atoms with Crippen LogP contribution in [-0.4, -0.2) is 11.1 Å². The number of carboxylic acids is 1. The van der Waals surface area contributed by atoms with Gasteiger partial charge in [0.05, 0.1) is 11.6 Å². The van der Waals surface area contributed by atoms with Crippen molar-refractivity contribution in [3.63, 3.8) is 0 Å². The van der Waals surface area contributed by atoms with Gasteiger partial charge < -0.3 is 5.11 Å². The molecule has 1 N–H and O–H groups in total. The number of carbonyl (C=O) groups is 1. The molecule has 0 radical (unpaired) electrons. The fourth-order valence-corrected chi connectivity index (χ4v) is 0.513. The molecule has 0 aliphatic rings. The lowest BCUT2D eigenvalue weighted by Gasteiger charge is -1.80. The van der Waals surface area contributed by atoms with Gasteiger partial charge in [0.2, 0.25) is 0 Å². The molecule has 0 fully saturated rings. The molecule has 0 heterocycles. The number of hydrogen-bond donors (Lipinski definition) is 1. The van der Waals surface area contributed by atoms with E-state index in [1.165, 1.54) is 6.92 Å². The Morgan fingerprint density at radius 2 is 1.86 bits per heavy atom. The van der Waals surface area contributed by atoms with Crippen LogP contribution in [-0.2, 0) is 4.79 Å². The van der Waals surface area contributed by atoms with E-state index in [2.05, 4.69) is 6.58 Å². The first kappa shape index (κ1) is 11.9. The van der Waals surface area contributed by atoms with E-state index < -0.39 is 5.97 Å². The fraction of sp³-hybridized carbons (Fsp3) is 0.0909. The third-order valence-electron chi connectivity index (χ3n) is 1.27. The topological polar surface area (TPSA) is 61.1 Å². The minimum absolute atomic E-state index is 0.176. The second kappa shape index (κ2) is 6.44. The smallest absolute Gasteiger partial charge is 0.330 e. The van der Waals surface area contributed by atoms with Crippen LogP contribution >= 0.6 is 0 Å². The van der Waals surface area contributed by atoms with E-state index >= 15 is 0 Å². The molecule has 0 bridgehead atoms. The highest BCUT2D eigenvalue weighted by Gasteiger charge is 1.90. The number of aliphatic carboxylic acids is 1. The summed E-state index contributed by atoms with van der Waals surface area (Å²) in [5.41, 5.74) is 0.891. The molecule has 3 nitrogen and oxygen atoms in total. The maximum atomic E-state index is 9.60. The summed E-state index contributed by atoms with van der Waals surface area (Å²) >= 11 is 0. The summed E-state index contributed by atoms with van der Waals surface area (Å²) in [6.45, 7) is 4.60. The number of nitrogens with zero attached hydrogens (tertiary/aromatic N) is 1. The normalized spacial score (nSPS) is 7.71. The van der Waals surface area contributed by atoms with Gasteiger partial charge in [-0.25, -0.2) is 4.79 Å². The monoisotopic (exact) mass is 189 g/mol. The van der Waals surface area contributed by atoms with Crippen LogP contribution in [0, 0.1) is 11.3 Å². The summed E-state index contributed by atoms with van der Waals surface area (Å²) in [6.07, 6.45) is 0. The molecule has 0 unspecified atom stereocenters. The van der Waals surface area contributed by atoms with Crippen molar-refractivity contribution in [1.82, 2.24) is 0 Å². The molecule has 0 atom stereocenters. The fourth-order valence-electron chi connectivity index (χ4n) is 0.513. The first-order chi connectivity index (χ1) is 6.57. The van der Waals surface area contributed by atoms with Crippen molar-refractivity contribution in [3.8, 4) is 6.07 Å². The van der Waals surface area contributed by atoms with Gasteiger partial charge in [0, 0.05) is 5.57 Å². The molecule has 0 aliphatic heterocycles. The van der Waals surface area contributed by atoms with Crippen molar-refractivity contribution in [2.45, 2.75) is 6.92 Å². The maximum absolute atomic E-state index is 9.60. The second-order valence-corrected chi connectivity index (χ2v) is 2.56.